The predicted octanol–water partition coefficient (Wildman–Crippen LogP) is 0.171. The van der Waals surface area contributed by atoms with Gasteiger partial charge in [0.05, 0.1) is 34.6 Å². The van der Waals surface area contributed by atoms with Gasteiger partial charge in [0.1, 0.15) is 12.4 Å². The van der Waals surface area contributed by atoms with Gasteiger partial charge in [-0.05, 0) is 63.4 Å². The van der Waals surface area contributed by atoms with E-state index in [1.807, 2.05) is 0 Å². The first-order valence-electron chi connectivity index (χ1n) is 16.1. The van der Waals surface area contributed by atoms with E-state index < -0.39 is 71.0 Å². The van der Waals surface area contributed by atoms with Gasteiger partial charge in [0, 0.05) is 24.0 Å². The number of benzene rings is 2. The van der Waals surface area contributed by atoms with Crippen molar-refractivity contribution in [3.05, 3.63) is 64.1 Å². The van der Waals surface area contributed by atoms with E-state index in [0.29, 0.717) is 23.6 Å². The largest absolute Gasteiger partial charge is 0.505 e. The molecule has 5 atom stereocenters. The van der Waals surface area contributed by atoms with Crippen LogP contribution in [-0.2, 0) is 36.6 Å². The van der Waals surface area contributed by atoms with Gasteiger partial charge >= 0.3 is 18.2 Å². The molecule has 20 heteroatoms. The van der Waals surface area contributed by atoms with Crippen molar-refractivity contribution < 1.29 is 72.3 Å². The van der Waals surface area contributed by atoms with Gasteiger partial charge in [-0.25, -0.2) is 18.2 Å². The Hall–Kier alpha value is -3.67. The van der Waals surface area contributed by atoms with Crippen LogP contribution in [0.4, 0.5) is 4.79 Å². The Balaban J connectivity index is 1.21. The number of nitrogens with one attached hydrogen (secondary N) is 1. The highest BCUT2D eigenvalue weighted by atomic mass is 32.2. The van der Waals surface area contributed by atoms with Gasteiger partial charge in [-0.1, -0.05) is 12.1 Å². The number of amides is 1. The Labute approximate surface area is 301 Å². The van der Waals surface area contributed by atoms with E-state index in [9.17, 15) is 43.9 Å². The smallest absolute Gasteiger partial charge is 0.435 e. The molecule has 0 bridgehead atoms. The molecule has 0 spiro atoms. The van der Waals surface area contributed by atoms with E-state index in [1.165, 1.54) is 53.1 Å². The molecular weight excluding hydrogens is 730 g/mol. The summed E-state index contributed by atoms with van der Waals surface area (Å²) >= 11 is 1.20. The van der Waals surface area contributed by atoms with Crippen LogP contribution in [0.5, 0.6) is 17.2 Å². The van der Waals surface area contributed by atoms with Crippen LogP contribution in [0.3, 0.4) is 0 Å². The molecule has 3 aliphatic heterocycles. The van der Waals surface area contributed by atoms with Gasteiger partial charge in [0.15, 0.2) is 23.5 Å². The first kappa shape index (κ1) is 38.1. The lowest BCUT2D eigenvalue weighted by atomic mass is 9.99. The van der Waals surface area contributed by atoms with Crippen LogP contribution in [0.2, 0.25) is 0 Å². The zero-order valence-electron chi connectivity index (χ0n) is 28.1. The average Bonchev–Trinajstić information content (AvgIpc) is 3.84. The lowest BCUT2D eigenvalue weighted by molar-refractivity contribution is -0.385. The number of thiazole rings is 1. The van der Waals surface area contributed by atoms with Gasteiger partial charge in [0.2, 0.25) is 15.8 Å². The second-order valence-corrected chi connectivity index (χ2v) is 15.8. The average molecular weight is 770 g/mol. The SMILES string of the molecule is Cc1nc(C(O)(O)Oc2ccc(CC(NC(=O)OC3(O)COC4OCCC43)C(O)CN(C(C)C)S(=O)(=O)c3ccc4c(c3)OC(O)(O)O4)cc2)cs1. The van der Waals surface area contributed by atoms with Gasteiger partial charge in [0.25, 0.3) is 0 Å². The molecule has 0 radical (unpaired) electrons. The summed E-state index contributed by atoms with van der Waals surface area (Å²) in [4.78, 5) is 17.0. The number of aromatic nitrogens is 1. The highest BCUT2D eigenvalue weighted by Crippen LogP contribution is 2.41. The number of aliphatic hydroxyl groups is 6. The molecule has 7 N–H and O–H groups in total. The van der Waals surface area contributed by atoms with E-state index in [4.69, 9.17) is 28.4 Å². The van der Waals surface area contributed by atoms with Crippen molar-refractivity contribution in [1.82, 2.24) is 14.6 Å². The van der Waals surface area contributed by atoms with Crippen LogP contribution in [0.15, 0.2) is 52.7 Å². The molecule has 2 fully saturated rings. The zero-order valence-corrected chi connectivity index (χ0v) is 29.7. The second-order valence-electron chi connectivity index (χ2n) is 12.8. The number of aliphatic hydroxyl groups excluding tert-OH is 1. The molecule has 4 heterocycles. The molecule has 5 unspecified atom stereocenters. The fraction of sp³-hybridized carbons (Fsp3) is 0.500. The zero-order chi connectivity index (χ0) is 37.6. The van der Waals surface area contributed by atoms with E-state index in [-0.39, 0.29) is 40.9 Å². The Morgan fingerprint density at radius 2 is 1.83 bits per heavy atom. The van der Waals surface area contributed by atoms with Crippen LogP contribution >= 0.6 is 11.3 Å². The summed E-state index contributed by atoms with van der Waals surface area (Å²) in [5.41, 5.74) is 0.399. The van der Waals surface area contributed by atoms with Crippen LogP contribution in [0.1, 0.15) is 36.5 Å². The number of hydrogen-bond acceptors (Lipinski definition) is 17. The molecule has 6 rings (SSSR count). The maximum Gasteiger partial charge on any atom is 0.505 e. The third kappa shape index (κ3) is 8.11. The summed E-state index contributed by atoms with van der Waals surface area (Å²) in [6, 6.07) is 7.39. The summed E-state index contributed by atoms with van der Waals surface area (Å²) in [5.74, 6) is -5.66. The molecule has 284 valence electrons. The molecule has 1 amide bonds. The third-order valence-corrected chi connectivity index (χ3v) is 11.5. The molecule has 52 heavy (non-hydrogen) atoms. The van der Waals surface area contributed by atoms with Crippen molar-refractivity contribution in [3.8, 4) is 17.2 Å². The highest BCUT2D eigenvalue weighted by Gasteiger charge is 2.55. The molecular formula is C32H39N3O15S2. The van der Waals surface area contributed by atoms with E-state index in [2.05, 4.69) is 10.3 Å². The quantitative estimate of drug-likeness (QED) is 0.114. The molecule has 0 aliphatic carbocycles. The normalized spacial score (nSPS) is 23.4. The molecule has 18 nitrogen and oxygen atoms in total. The van der Waals surface area contributed by atoms with E-state index in [0.717, 1.165) is 10.4 Å². The van der Waals surface area contributed by atoms with Gasteiger partial charge in [-0.15, -0.1) is 11.3 Å². The number of fused-ring (bicyclic) bond motifs is 2. The Morgan fingerprint density at radius 1 is 1.12 bits per heavy atom. The number of carbonyl (C=O) groups is 1. The maximum absolute atomic E-state index is 13.9. The Bertz CT molecular complexity index is 1870. The summed E-state index contributed by atoms with van der Waals surface area (Å²) < 4.78 is 60.0. The van der Waals surface area contributed by atoms with Crippen LogP contribution in [0, 0.1) is 12.8 Å². The van der Waals surface area contributed by atoms with Gasteiger partial charge in [-0.2, -0.15) is 4.31 Å². The molecule has 2 saturated heterocycles. The standard InChI is InChI=1S/C32H39N3O15S2/c1-17(2)35(52(43,44)21-8-9-25-26(13-21)49-32(41,42)48-25)14-24(36)23(34-29(37)50-30(38)16-46-28-22(30)10-11-45-28)12-19-4-6-20(7-5-19)47-31(39,40)27-15-51-18(3)33-27/h4-9,13,15,17,22-24,28,36,38-42H,10-12,14,16H2,1-3H3,(H,34,37). The van der Waals surface area contributed by atoms with Crippen molar-refractivity contribution in [2.24, 2.45) is 5.92 Å². The minimum absolute atomic E-state index is 0.0566. The number of hydrogen-bond donors (Lipinski definition) is 7. The highest BCUT2D eigenvalue weighted by molar-refractivity contribution is 7.89. The van der Waals surface area contributed by atoms with Crippen molar-refractivity contribution in [2.45, 2.75) is 80.9 Å². The molecule has 1 aromatic heterocycles. The van der Waals surface area contributed by atoms with E-state index in [1.54, 1.807) is 20.8 Å². The molecule has 0 saturated carbocycles. The number of sulfonamides is 1. The van der Waals surface area contributed by atoms with Crippen LogP contribution in [-0.4, -0.2) is 111 Å². The van der Waals surface area contributed by atoms with Crippen LogP contribution < -0.4 is 19.5 Å². The third-order valence-electron chi connectivity index (χ3n) is 8.65. The van der Waals surface area contributed by atoms with E-state index >= 15 is 0 Å². The minimum Gasteiger partial charge on any atom is -0.435 e. The summed E-state index contributed by atoms with van der Waals surface area (Å²) in [6.07, 6.45) is -6.14. The topological polar surface area (TPSA) is 256 Å². The van der Waals surface area contributed by atoms with Crippen LogP contribution in [0.25, 0.3) is 0 Å². The minimum atomic E-state index is -4.38. The number of rotatable bonds is 13. The molecule has 2 aromatic carbocycles. The summed E-state index contributed by atoms with van der Waals surface area (Å²) in [5, 5.41) is 67.5. The van der Waals surface area contributed by atoms with Crippen molar-refractivity contribution >= 4 is 27.5 Å². The fourth-order valence-corrected chi connectivity index (χ4v) is 8.35. The lowest BCUT2D eigenvalue weighted by Crippen LogP contribution is -2.54. The van der Waals surface area contributed by atoms with Crippen molar-refractivity contribution in [3.63, 3.8) is 0 Å². The number of alkyl carbamates (subject to hydrolysis) is 1. The Kier molecular flexibility index (Phi) is 10.5. The maximum atomic E-state index is 13.9. The van der Waals surface area contributed by atoms with Gasteiger partial charge in [-0.3, -0.25) is 10.2 Å². The van der Waals surface area contributed by atoms with Crippen molar-refractivity contribution in [2.75, 3.05) is 19.8 Å². The monoisotopic (exact) mass is 769 g/mol. The molecule has 3 aliphatic rings. The number of aryl methyl sites for hydroxylation is 1. The number of ether oxygens (including phenoxy) is 6. The summed E-state index contributed by atoms with van der Waals surface area (Å²) in [6.45, 7) is 4.26. The second kappa shape index (κ2) is 14.3. The predicted molar refractivity (Wildman–Crippen MR) is 176 cm³/mol. The van der Waals surface area contributed by atoms with Crippen molar-refractivity contribution in [1.29, 1.82) is 0 Å². The summed E-state index contributed by atoms with van der Waals surface area (Å²) in [7, 11) is -4.38. The first-order chi connectivity index (χ1) is 24.3. The Morgan fingerprint density at radius 3 is 2.50 bits per heavy atom. The number of carbonyl (C=O) groups excluding carboxylic acids is 1. The first-order valence-corrected chi connectivity index (χ1v) is 18.4. The molecule has 3 aromatic rings. The number of nitrogens with zero attached hydrogens (tertiary/aromatic N) is 2. The fourth-order valence-electron chi connectivity index (χ4n) is 6.04. The van der Waals surface area contributed by atoms with Gasteiger partial charge < -0.3 is 54.2 Å². The lowest BCUT2D eigenvalue weighted by Gasteiger charge is -2.33.